The number of carbonyl (C=O) groups excluding carboxylic acids is 4. The molecule has 5 aliphatic carbocycles. The number of hydrogen-bond acceptors (Lipinski definition) is 7. The lowest BCUT2D eigenvalue weighted by atomic mass is 9.66. The number of carbonyl (C=O) groups is 4. The standard InChI is InChI=1S/C34H49NO7/c1-6-25(37)8-9-34(5,19-41-28(38)7-2)35-31(39)42-18-33(4)14-22-11-24(16-33)30-27(22)12-26-21-10-23(29(26)30)15-32(3,13-21)17-40-20-36/h6-7,20-24,26-27,29-30H,1-2,8-19H2,3-5H3,(H,35,39). The minimum atomic E-state index is -0.960. The number of fused-ring (bicyclic) bond motifs is 11. The van der Waals surface area contributed by atoms with E-state index in [0.29, 0.717) is 31.5 Å². The summed E-state index contributed by atoms with van der Waals surface area (Å²) in [6, 6.07) is 0. The monoisotopic (exact) mass is 583 g/mol. The molecule has 0 heterocycles. The van der Waals surface area contributed by atoms with Crippen LogP contribution in [0.5, 0.6) is 0 Å². The predicted molar refractivity (Wildman–Crippen MR) is 157 cm³/mol. The van der Waals surface area contributed by atoms with Crippen molar-refractivity contribution in [2.45, 2.75) is 84.1 Å². The topological polar surface area (TPSA) is 108 Å². The second kappa shape index (κ2) is 11.8. The summed E-state index contributed by atoms with van der Waals surface area (Å²) in [7, 11) is 0. The molecule has 1 amide bonds. The van der Waals surface area contributed by atoms with Crippen molar-refractivity contribution in [3.8, 4) is 0 Å². The molecule has 0 aromatic rings. The van der Waals surface area contributed by atoms with Crippen molar-refractivity contribution >= 4 is 24.3 Å². The second-order valence-corrected chi connectivity index (χ2v) is 15.3. The normalized spacial score (nSPS) is 40.5. The molecule has 4 bridgehead atoms. The SMILES string of the molecule is C=CC(=O)CCC(C)(COC(=O)C=C)NC(=O)OCC1(C)CC2CC(C1)C1C2CC2C3CC(CC(C)(COC=O)C3)C21. The molecule has 5 saturated carbocycles. The summed E-state index contributed by atoms with van der Waals surface area (Å²) < 4.78 is 16.4. The second-order valence-electron chi connectivity index (χ2n) is 15.3. The van der Waals surface area contributed by atoms with E-state index in [0.717, 1.165) is 54.4 Å². The Kier molecular flexibility index (Phi) is 8.66. The van der Waals surface area contributed by atoms with E-state index >= 15 is 0 Å². The zero-order valence-electron chi connectivity index (χ0n) is 25.6. The van der Waals surface area contributed by atoms with Gasteiger partial charge in [-0.15, -0.1) is 0 Å². The van der Waals surface area contributed by atoms with E-state index in [2.05, 4.69) is 32.3 Å². The molecule has 5 fully saturated rings. The molecule has 11 unspecified atom stereocenters. The van der Waals surface area contributed by atoms with Gasteiger partial charge in [-0.05, 0) is 112 Å². The van der Waals surface area contributed by atoms with Gasteiger partial charge in [-0.25, -0.2) is 9.59 Å². The van der Waals surface area contributed by atoms with Crippen molar-refractivity contribution in [2.24, 2.45) is 58.2 Å². The van der Waals surface area contributed by atoms with Crippen molar-refractivity contribution in [3.63, 3.8) is 0 Å². The van der Waals surface area contributed by atoms with E-state index in [4.69, 9.17) is 14.2 Å². The quantitative estimate of drug-likeness (QED) is 0.129. The largest absolute Gasteiger partial charge is 0.467 e. The highest BCUT2D eigenvalue weighted by Gasteiger charge is 2.65. The van der Waals surface area contributed by atoms with Crippen LogP contribution < -0.4 is 5.32 Å². The third-order valence-corrected chi connectivity index (χ3v) is 11.8. The smallest absolute Gasteiger partial charge is 0.407 e. The van der Waals surface area contributed by atoms with Crippen molar-refractivity contribution in [1.29, 1.82) is 0 Å². The van der Waals surface area contributed by atoms with Crippen LogP contribution >= 0.6 is 0 Å². The third kappa shape index (κ3) is 6.19. The number of esters is 1. The van der Waals surface area contributed by atoms with Gasteiger partial charge in [0.1, 0.15) is 6.61 Å². The van der Waals surface area contributed by atoms with E-state index in [9.17, 15) is 19.2 Å². The maximum Gasteiger partial charge on any atom is 0.407 e. The predicted octanol–water partition coefficient (Wildman–Crippen LogP) is 5.65. The molecule has 0 aromatic carbocycles. The summed E-state index contributed by atoms with van der Waals surface area (Å²) in [4.78, 5) is 47.5. The molecule has 8 heteroatoms. The van der Waals surface area contributed by atoms with Crippen LogP contribution in [0.2, 0.25) is 0 Å². The number of amides is 1. The van der Waals surface area contributed by atoms with E-state index in [1.165, 1.54) is 38.2 Å². The maximum atomic E-state index is 13.0. The molecule has 0 aliphatic heterocycles. The first-order valence-electron chi connectivity index (χ1n) is 15.8. The molecular formula is C34H49NO7. The first-order valence-corrected chi connectivity index (χ1v) is 15.8. The molecule has 0 spiro atoms. The molecule has 1 N–H and O–H groups in total. The van der Waals surface area contributed by atoms with Crippen LogP contribution in [-0.4, -0.2) is 49.7 Å². The molecular weight excluding hydrogens is 534 g/mol. The number of alkyl carbamates (subject to hydrolysis) is 1. The van der Waals surface area contributed by atoms with Crippen molar-refractivity contribution in [3.05, 3.63) is 25.3 Å². The van der Waals surface area contributed by atoms with E-state index in [-0.39, 0.29) is 36.1 Å². The molecule has 42 heavy (non-hydrogen) atoms. The Bertz CT molecular complexity index is 1080. The van der Waals surface area contributed by atoms with Crippen LogP contribution in [0.3, 0.4) is 0 Å². The molecule has 5 rings (SSSR count). The van der Waals surface area contributed by atoms with Gasteiger partial charge in [0.2, 0.25) is 0 Å². The van der Waals surface area contributed by atoms with Crippen molar-refractivity contribution in [1.82, 2.24) is 5.32 Å². The average Bonchev–Trinajstić information content (AvgIpc) is 3.56. The first kappa shape index (κ1) is 30.8. The van der Waals surface area contributed by atoms with Gasteiger partial charge in [0.05, 0.1) is 18.8 Å². The Morgan fingerprint density at radius 2 is 1.43 bits per heavy atom. The van der Waals surface area contributed by atoms with Crippen molar-refractivity contribution in [2.75, 3.05) is 19.8 Å². The van der Waals surface area contributed by atoms with Gasteiger partial charge in [0, 0.05) is 23.3 Å². The van der Waals surface area contributed by atoms with Gasteiger partial charge < -0.3 is 19.5 Å². The fourth-order valence-electron chi connectivity index (χ4n) is 10.5. The molecule has 5 aliphatic rings. The van der Waals surface area contributed by atoms with Gasteiger partial charge >= 0.3 is 12.1 Å². The van der Waals surface area contributed by atoms with E-state index in [1.807, 2.05) is 0 Å². The summed E-state index contributed by atoms with van der Waals surface area (Å²) in [6.45, 7) is 14.7. The highest BCUT2D eigenvalue weighted by molar-refractivity contribution is 5.89. The fraction of sp³-hybridized carbons (Fsp3) is 0.765. The van der Waals surface area contributed by atoms with Crippen LogP contribution in [0.4, 0.5) is 4.79 Å². The highest BCUT2D eigenvalue weighted by Crippen LogP contribution is 2.71. The lowest BCUT2D eigenvalue weighted by Crippen LogP contribution is -2.51. The fourth-order valence-corrected chi connectivity index (χ4v) is 10.5. The summed E-state index contributed by atoms with van der Waals surface area (Å²) in [5.41, 5.74) is -0.928. The minimum absolute atomic E-state index is 0.0741. The maximum absolute atomic E-state index is 13.0. The zero-order chi connectivity index (χ0) is 30.3. The van der Waals surface area contributed by atoms with Crippen LogP contribution in [0, 0.1) is 58.2 Å². The summed E-state index contributed by atoms with van der Waals surface area (Å²) in [5.74, 6) is 5.29. The summed E-state index contributed by atoms with van der Waals surface area (Å²) in [5, 5.41) is 2.87. The molecule has 8 nitrogen and oxygen atoms in total. The summed E-state index contributed by atoms with van der Waals surface area (Å²) >= 11 is 0. The summed E-state index contributed by atoms with van der Waals surface area (Å²) in [6.07, 6.45) is 10.7. The van der Waals surface area contributed by atoms with Gasteiger partial charge in [-0.3, -0.25) is 9.59 Å². The van der Waals surface area contributed by atoms with Gasteiger partial charge in [0.25, 0.3) is 6.47 Å². The first-order chi connectivity index (χ1) is 19.9. The number of ether oxygens (including phenoxy) is 3. The number of rotatable bonds is 13. The third-order valence-electron chi connectivity index (χ3n) is 11.8. The average molecular weight is 584 g/mol. The minimum Gasteiger partial charge on any atom is -0.467 e. The molecule has 0 radical (unpaired) electrons. The zero-order valence-corrected chi connectivity index (χ0v) is 25.6. The Balaban J connectivity index is 1.19. The molecule has 0 aromatic heterocycles. The van der Waals surface area contributed by atoms with Gasteiger partial charge in [-0.1, -0.05) is 27.0 Å². The molecule has 0 saturated heterocycles. The van der Waals surface area contributed by atoms with Crippen LogP contribution in [0.1, 0.15) is 78.6 Å². The molecule has 232 valence electrons. The van der Waals surface area contributed by atoms with Crippen LogP contribution in [-0.2, 0) is 28.6 Å². The highest BCUT2D eigenvalue weighted by atomic mass is 16.6. The van der Waals surface area contributed by atoms with Gasteiger partial charge in [0.15, 0.2) is 5.78 Å². The van der Waals surface area contributed by atoms with E-state index in [1.54, 1.807) is 6.92 Å². The lowest BCUT2D eigenvalue weighted by molar-refractivity contribution is -0.140. The Labute approximate surface area is 250 Å². The molecule has 11 atom stereocenters. The van der Waals surface area contributed by atoms with E-state index < -0.39 is 17.6 Å². The van der Waals surface area contributed by atoms with Gasteiger partial charge in [-0.2, -0.15) is 0 Å². The van der Waals surface area contributed by atoms with Crippen LogP contribution in [0.25, 0.3) is 0 Å². The Hall–Kier alpha value is -2.64. The number of nitrogens with one attached hydrogen (secondary N) is 1. The van der Waals surface area contributed by atoms with Crippen LogP contribution in [0.15, 0.2) is 25.3 Å². The number of allylic oxidation sites excluding steroid dienone is 1. The lowest BCUT2D eigenvalue weighted by Gasteiger charge is -2.40. The number of ketones is 1. The van der Waals surface area contributed by atoms with Crippen molar-refractivity contribution < 1.29 is 33.4 Å². The Morgan fingerprint density at radius 3 is 1.98 bits per heavy atom. The number of hydrogen-bond donors (Lipinski definition) is 1. The Morgan fingerprint density at radius 1 is 0.857 bits per heavy atom.